The lowest BCUT2D eigenvalue weighted by molar-refractivity contribution is -0.138. The molecule has 1 N–H and O–H groups in total. The zero-order valence-electron chi connectivity index (χ0n) is 19.5. The van der Waals surface area contributed by atoms with Crippen LogP contribution in [-0.4, -0.2) is 34.0 Å². The Morgan fingerprint density at radius 2 is 1.80 bits per heavy atom. The number of amides is 1. The Morgan fingerprint density at radius 1 is 1.06 bits per heavy atom. The zero-order valence-corrected chi connectivity index (χ0v) is 20.2. The van der Waals surface area contributed by atoms with Crippen molar-refractivity contribution in [2.45, 2.75) is 44.8 Å². The van der Waals surface area contributed by atoms with Crippen LogP contribution in [0.2, 0.25) is 5.02 Å². The van der Waals surface area contributed by atoms with Gasteiger partial charge in [-0.2, -0.15) is 0 Å². The first kappa shape index (κ1) is 24.7. The summed E-state index contributed by atoms with van der Waals surface area (Å²) in [7, 11) is 0. The minimum atomic E-state index is -0.955. The predicted molar refractivity (Wildman–Crippen MR) is 132 cm³/mol. The standard InChI is InChI=1S/C28H27ClFNO4/c1-28(16-19-5-8-24(30)9-6-19)17-22-13-20(7-10-25(22)35-28)15-26(32)31(12-11-27(33)34)18-21-3-2-4-23(29)14-21/h2-10,13-14H,11-12,15-18H2,1H3,(H,33,34)/t28-/m0/s1. The van der Waals surface area contributed by atoms with Crippen LogP contribution < -0.4 is 4.74 Å². The molecule has 0 saturated carbocycles. The fraction of sp³-hybridized carbons (Fsp3) is 0.286. The van der Waals surface area contributed by atoms with Crippen LogP contribution in [0.4, 0.5) is 4.39 Å². The number of carboxylic acid groups (broad SMARTS) is 1. The van der Waals surface area contributed by atoms with Crippen LogP contribution in [0.25, 0.3) is 0 Å². The largest absolute Gasteiger partial charge is 0.487 e. The number of benzene rings is 3. The second-order valence-electron chi connectivity index (χ2n) is 9.24. The molecule has 0 unspecified atom stereocenters. The molecule has 4 rings (SSSR count). The minimum Gasteiger partial charge on any atom is -0.487 e. The van der Waals surface area contributed by atoms with Crippen molar-refractivity contribution in [1.29, 1.82) is 0 Å². The molecule has 0 fully saturated rings. The second-order valence-corrected chi connectivity index (χ2v) is 9.68. The van der Waals surface area contributed by atoms with E-state index in [-0.39, 0.29) is 37.7 Å². The van der Waals surface area contributed by atoms with Gasteiger partial charge in [0.1, 0.15) is 17.2 Å². The van der Waals surface area contributed by atoms with Crippen molar-refractivity contribution in [2.24, 2.45) is 0 Å². The minimum absolute atomic E-state index is 0.116. The number of nitrogens with zero attached hydrogens (tertiary/aromatic N) is 1. The molecule has 3 aromatic rings. The Hall–Kier alpha value is -3.38. The summed E-state index contributed by atoms with van der Waals surface area (Å²) in [6, 6.07) is 19.4. The van der Waals surface area contributed by atoms with E-state index in [9.17, 15) is 14.0 Å². The highest BCUT2D eigenvalue weighted by Crippen LogP contribution is 2.37. The van der Waals surface area contributed by atoms with Gasteiger partial charge in [0.05, 0.1) is 12.8 Å². The van der Waals surface area contributed by atoms with Crippen LogP contribution in [0.3, 0.4) is 0 Å². The summed E-state index contributed by atoms with van der Waals surface area (Å²) in [6.07, 6.45) is 1.33. The Labute approximate surface area is 209 Å². The molecule has 0 aliphatic carbocycles. The molecule has 3 aromatic carbocycles. The fourth-order valence-corrected chi connectivity index (χ4v) is 4.70. The van der Waals surface area contributed by atoms with Crippen LogP contribution in [0.5, 0.6) is 5.75 Å². The molecule has 182 valence electrons. The van der Waals surface area contributed by atoms with E-state index >= 15 is 0 Å². The van der Waals surface area contributed by atoms with E-state index in [1.54, 1.807) is 35.2 Å². The summed E-state index contributed by atoms with van der Waals surface area (Å²) >= 11 is 6.07. The van der Waals surface area contributed by atoms with Gasteiger partial charge in [0.25, 0.3) is 0 Å². The van der Waals surface area contributed by atoms with Crippen LogP contribution in [0, 0.1) is 5.82 Å². The highest BCUT2D eigenvalue weighted by Gasteiger charge is 2.35. The lowest BCUT2D eigenvalue weighted by atomic mass is 9.91. The van der Waals surface area contributed by atoms with E-state index in [1.807, 2.05) is 31.2 Å². The molecule has 1 aliphatic heterocycles. The summed E-state index contributed by atoms with van der Waals surface area (Å²) < 4.78 is 19.5. The van der Waals surface area contributed by atoms with Gasteiger partial charge in [0.15, 0.2) is 0 Å². The number of carbonyl (C=O) groups excluding carboxylic acids is 1. The number of fused-ring (bicyclic) bond motifs is 1. The third kappa shape index (κ3) is 6.61. The van der Waals surface area contributed by atoms with Gasteiger partial charge in [-0.05, 0) is 59.5 Å². The Bertz CT molecular complexity index is 1230. The Morgan fingerprint density at radius 3 is 2.51 bits per heavy atom. The third-order valence-electron chi connectivity index (χ3n) is 6.10. The molecule has 5 nitrogen and oxygen atoms in total. The Balaban J connectivity index is 1.45. The first-order valence-electron chi connectivity index (χ1n) is 11.5. The number of halogens is 2. The molecule has 35 heavy (non-hydrogen) atoms. The second kappa shape index (κ2) is 10.5. The van der Waals surface area contributed by atoms with Crippen LogP contribution in [0.15, 0.2) is 66.7 Å². The first-order valence-corrected chi connectivity index (χ1v) is 11.9. The lowest BCUT2D eigenvalue weighted by Crippen LogP contribution is -2.33. The van der Waals surface area contributed by atoms with Gasteiger partial charge in [0, 0.05) is 31.0 Å². The summed E-state index contributed by atoms with van der Waals surface area (Å²) in [5, 5.41) is 9.69. The first-order chi connectivity index (χ1) is 16.7. The van der Waals surface area contributed by atoms with E-state index in [2.05, 4.69) is 0 Å². The summed E-state index contributed by atoms with van der Waals surface area (Å²) in [5.74, 6) is -0.591. The average molecular weight is 496 g/mol. The molecular weight excluding hydrogens is 469 g/mol. The lowest BCUT2D eigenvalue weighted by Gasteiger charge is -2.24. The quantitative estimate of drug-likeness (QED) is 0.428. The molecule has 7 heteroatoms. The maximum Gasteiger partial charge on any atom is 0.305 e. The number of carbonyl (C=O) groups is 2. The topological polar surface area (TPSA) is 66.8 Å². The maximum absolute atomic E-state index is 13.2. The molecule has 0 aromatic heterocycles. The van der Waals surface area contributed by atoms with Crippen LogP contribution in [-0.2, 0) is 35.4 Å². The van der Waals surface area contributed by atoms with Crippen molar-refractivity contribution < 1.29 is 23.8 Å². The average Bonchev–Trinajstić information content (AvgIpc) is 3.13. The number of ether oxygens (including phenoxy) is 1. The number of hydrogen-bond acceptors (Lipinski definition) is 3. The van der Waals surface area contributed by atoms with E-state index in [0.717, 1.165) is 28.0 Å². The molecule has 0 spiro atoms. The van der Waals surface area contributed by atoms with Crippen molar-refractivity contribution in [3.05, 3.63) is 99.8 Å². The van der Waals surface area contributed by atoms with Crippen molar-refractivity contribution in [3.63, 3.8) is 0 Å². The predicted octanol–water partition coefficient (Wildman–Crippen LogP) is 5.46. The van der Waals surface area contributed by atoms with Crippen molar-refractivity contribution in [1.82, 2.24) is 4.90 Å². The molecule has 1 heterocycles. The van der Waals surface area contributed by atoms with Gasteiger partial charge in [-0.15, -0.1) is 0 Å². The molecule has 1 amide bonds. The monoisotopic (exact) mass is 495 g/mol. The van der Waals surface area contributed by atoms with Crippen molar-refractivity contribution in [2.75, 3.05) is 6.54 Å². The molecule has 1 aliphatic rings. The highest BCUT2D eigenvalue weighted by molar-refractivity contribution is 6.30. The van der Waals surface area contributed by atoms with Gasteiger partial charge in [-0.25, -0.2) is 4.39 Å². The maximum atomic E-state index is 13.2. The fourth-order valence-electron chi connectivity index (χ4n) is 4.48. The molecule has 1 atom stereocenters. The van der Waals surface area contributed by atoms with E-state index in [1.165, 1.54) is 12.1 Å². The Kier molecular flexibility index (Phi) is 7.41. The third-order valence-corrected chi connectivity index (χ3v) is 6.34. The SMILES string of the molecule is C[C@]1(Cc2ccc(F)cc2)Cc2cc(CC(=O)N(CCC(=O)O)Cc3cccc(Cl)c3)ccc2O1. The molecular formula is C28H27ClFNO4. The van der Waals surface area contributed by atoms with E-state index < -0.39 is 11.6 Å². The smallest absolute Gasteiger partial charge is 0.305 e. The van der Waals surface area contributed by atoms with Gasteiger partial charge < -0.3 is 14.7 Å². The van der Waals surface area contributed by atoms with Crippen LogP contribution in [0.1, 0.15) is 35.6 Å². The van der Waals surface area contributed by atoms with E-state index in [4.69, 9.17) is 21.4 Å². The van der Waals surface area contributed by atoms with Gasteiger partial charge in [-0.3, -0.25) is 9.59 Å². The number of carboxylic acids is 1. The molecule has 0 bridgehead atoms. The molecule has 0 saturated heterocycles. The zero-order chi connectivity index (χ0) is 25.0. The number of aliphatic carboxylic acids is 1. The van der Waals surface area contributed by atoms with E-state index in [0.29, 0.717) is 17.9 Å². The number of rotatable bonds is 9. The normalized spacial score (nSPS) is 16.4. The number of hydrogen-bond donors (Lipinski definition) is 1. The van der Waals surface area contributed by atoms with Gasteiger partial charge >= 0.3 is 5.97 Å². The summed E-state index contributed by atoms with van der Waals surface area (Å²) in [4.78, 5) is 25.8. The highest BCUT2D eigenvalue weighted by atomic mass is 35.5. The van der Waals surface area contributed by atoms with Crippen molar-refractivity contribution >= 4 is 23.5 Å². The van der Waals surface area contributed by atoms with Gasteiger partial charge in [0.2, 0.25) is 5.91 Å². The summed E-state index contributed by atoms with van der Waals surface area (Å²) in [6.45, 7) is 2.43. The van der Waals surface area contributed by atoms with Gasteiger partial charge in [-0.1, -0.05) is 48.0 Å². The van der Waals surface area contributed by atoms with Crippen LogP contribution >= 0.6 is 11.6 Å². The molecule has 0 radical (unpaired) electrons. The summed E-state index contributed by atoms with van der Waals surface area (Å²) in [5.41, 5.74) is 3.24. The van der Waals surface area contributed by atoms with Crippen molar-refractivity contribution in [3.8, 4) is 5.75 Å².